The number of halogens is 1. The van der Waals surface area contributed by atoms with Gasteiger partial charge in [-0.1, -0.05) is 0 Å². The number of carbonyl (C=O) groups excluding carboxylic acids is 1. The molecule has 0 atom stereocenters. The number of quaternary nitrogens is 1. The number of urea groups is 1. The first kappa shape index (κ1) is 11.9. The molecule has 0 aliphatic carbocycles. The number of hydrogen-bond acceptors (Lipinski definition) is 8. The van der Waals surface area contributed by atoms with E-state index >= 15 is 0 Å². The highest BCUT2D eigenvalue weighted by Gasteiger charge is 2.47. The van der Waals surface area contributed by atoms with Gasteiger partial charge in [-0.25, -0.2) is 20.5 Å². The molecule has 0 unspecified atom stereocenters. The van der Waals surface area contributed by atoms with Gasteiger partial charge in [-0.2, -0.15) is 4.79 Å². The van der Waals surface area contributed by atoms with Crippen molar-refractivity contribution in [3.8, 4) is 0 Å². The Morgan fingerprint density at radius 3 is 2.15 bits per heavy atom. The van der Waals surface area contributed by atoms with Gasteiger partial charge in [0.15, 0.2) is 10.4 Å². The van der Waals surface area contributed by atoms with Gasteiger partial charge in [0.1, 0.15) is 4.53 Å². The fourth-order valence-corrected chi connectivity index (χ4v) is 0.400. The SMILES string of the molecule is N[N+](N)(C(=O)N(Cl)[N+](=O)[O-])N(O)O. The summed E-state index contributed by atoms with van der Waals surface area (Å²) in [4.78, 5) is 18.4. The molecular weight excluding hydrogens is 212 g/mol. The molecule has 0 spiro atoms. The lowest BCUT2D eigenvalue weighted by Crippen LogP contribution is -2.73. The molecule has 0 saturated heterocycles. The summed E-state index contributed by atoms with van der Waals surface area (Å²) < 4.78 is -0.626. The maximum atomic E-state index is 10.8. The van der Waals surface area contributed by atoms with E-state index in [9.17, 15) is 14.9 Å². The molecule has 0 aromatic rings. The summed E-state index contributed by atoms with van der Waals surface area (Å²) in [7, 11) is 0. The lowest BCUT2D eigenvalue weighted by Gasteiger charge is -2.22. The quantitative estimate of drug-likeness (QED) is 0.106. The molecule has 0 aliphatic rings. The van der Waals surface area contributed by atoms with Gasteiger partial charge in [-0.3, -0.25) is 0 Å². The van der Waals surface area contributed by atoms with Crippen molar-refractivity contribution in [2.75, 3.05) is 0 Å². The smallest absolute Gasteiger partial charge is 0.241 e. The standard InChI is InChI=1S/CH6ClN6O5/c2-5(6(10)11)1(9)8(3,4)7(12)13/h12-13H,3-4H2/q+1. The Bertz CT molecular complexity index is 227. The molecular formula is CH6ClN6O5+. The summed E-state index contributed by atoms with van der Waals surface area (Å²) >= 11 is 4.75. The van der Waals surface area contributed by atoms with E-state index in [2.05, 4.69) is 0 Å². The van der Waals surface area contributed by atoms with E-state index < -0.39 is 25.7 Å². The molecule has 0 bridgehead atoms. The average molecular weight is 218 g/mol. The molecule has 0 rings (SSSR count). The van der Waals surface area contributed by atoms with Crippen LogP contribution in [0.2, 0.25) is 0 Å². The van der Waals surface area contributed by atoms with Crippen molar-refractivity contribution < 1.29 is 25.1 Å². The Morgan fingerprint density at radius 2 is 1.92 bits per heavy atom. The third-order valence-corrected chi connectivity index (χ3v) is 1.17. The Labute approximate surface area is 75.5 Å². The summed E-state index contributed by atoms with van der Waals surface area (Å²) in [5.74, 6) is 9.41. The molecule has 12 heteroatoms. The van der Waals surface area contributed by atoms with Gasteiger partial charge in [-0.05, 0) is 0 Å². The molecule has 76 valence electrons. The van der Waals surface area contributed by atoms with Crippen molar-refractivity contribution in [2.24, 2.45) is 11.7 Å². The Hall–Kier alpha value is -1.08. The Kier molecular flexibility index (Phi) is 3.44. The lowest BCUT2D eigenvalue weighted by atomic mass is 11.0. The molecule has 0 aliphatic heterocycles. The monoisotopic (exact) mass is 217 g/mol. The van der Waals surface area contributed by atoms with E-state index in [1.54, 1.807) is 0 Å². The van der Waals surface area contributed by atoms with Gasteiger partial charge >= 0.3 is 6.03 Å². The zero-order valence-electron chi connectivity index (χ0n) is 5.94. The van der Waals surface area contributed by atoms with E-state index in [0.717, 1.165) is 0 Å². The second-order valence-electron chi connectivity index (χ2n) is 1.79. The summed E-state index contributed by atoms with van der Waals surface area (Å²) in [5.41, 5.74) is 0. The molecule has 0 fully saturated rings. The largest absolute Gasteiger partial charge is 0.557 e. The summed E-state index contributed by atoms with van der Waals surface area (Å²) in [6, 6.07) is -1.78. The van der Waals surface area contributed by atoms with Crippen LogP contribution in [0.5, 0.6) is 0 Å². The van der Waals surface area contributed by atoms with Crippen molar-refractivity contribution in [3.63, 3.8) is 0 Å². The normalized spacial score (nSPS) is 11.5. The number of hydrogen-bond donors (Lipinski definition) is 4. The maximum Gasteiger partial charge on any atom is 0.557 e. The number of nitro groups is 1. The minimum absolute atomic E-state index is 0.626. The molecule has 2 amide bonds. The molecule has 13 heavy (non-hydrogen) atoms. The van der Waals surface area contributed by atoms with Gasteiger partial charge in [-0.15, -0.1) is 11.7 Å². The number of rotatable bonds is 2. The molecule has 0 aromatic carbocycles. The van der Waals surface area contributed by atoms with Crippen molar-refractivity contribution in [1.29, 1.82) is 0 Å². The van der Waals surface area contributed by atoms with Crippen molar-refractivity contribution in [2.45, 2.75) is 0 Å². The molecule has 0 heterocycles. The summed E-state index contributed by atoms with van der Waals surface area (Å²) in [6.07, 6.45) is 0. The number of hydrazine groups is 1. The van der Waals surface area contributed by atoms with Crippen LogP contribution in [-0.2, 0) is 0 Å². The van der Waals surface area contributed by atoms with Crippen LogP contribution in [0.4, 0.5) is 4.79 Å². The van der Waals surface area contributed by atoms with Gasteiger partial charge < -0.3 is 0 Å². The van der Waals surface area contributed by atoms with Crippen LogP contribution < -0.4 is 11.7 Å². The van der Waals surface area contributed by atoms with E-state index in [4.69, 9.17) is 33.9 Å². The highest BCUT2D eigenvalue weighted by molar-refractivity contribution is 6.18. The van der Waals surface area contributed by atoms with Crippen LogP contribution in [-0.4, -0.2) is 36.2 Å². The highest BCUT2D eigenvalue weighted by Crippen LogP contribution is 2.04. The minimum atomic E-state index is -2.22. The van der Waals surface area contributed by atoms with Crippen molar-refractivity contribution in [1.82, 2.24) is 9.86 Å². The third-order valence-electron chi connectivity index (χ3n) is 0.904. The highest BCUT2D eigenvalue weighted by atomic mass is 35.5. The number of nitrogens with two attached hydrogens (primary N) is 2. The Balaban J connectivity index is 4.69. The van der Waals surface area contributed by atoms with Gasteiger partial charge in [0.25, 0.3) is 0 Å². The average Bonchev–Trinajstić information content (AvgIpc) is 2.01. The van der Waals surface area contributed by atoms with Crippen LogP contribution in [0.3, 0.4) is 0 Å². The Morgan fingerprint density at radius 1 is 1.54 bits per heavy atom. The first-order valence-corrected chi connectivity index (χ1v) is 2.84. The third kappa shape index (κ3) is 2.43. The van der Waals surface area contributed by atoms with Crippen LogP contribution in [0.1, 0.15) is 0 Å². The minimum Gasteiger partial charge on any atom is -0.241 e. The van der Waals surface area contributed by atoms with Gasteiger partial charge in [0.2, 0.25) is 0 Å². The zero-order valence-corrected chi connectivity index (χ0v) is 6.70. The lowest BCUT2D eigenvalue weighted by molar-refractivity contribution is -1.07. The maximum absolute atomic E-state index is 10.8. The second kappa shape index (κ2) is 3.75. The molecule has 0 saturated carbocycles. The molecule has 11 nitrogen and oxygen atoms in total. The van der Waals surface area contributed by atoms with Crippen LogP contribution in [0.15, 0.2) is 0 Å². The number of nitrogens with zero attached hydrogens (tertiary/aromatic N) is 4. The fourth-order valence-electron chi connectivity index (χ4n) is 0.279. The molecule has 0 radical (unpaired) electrons. The fraction of sp³-hybridized carbons (Fsp3) is 0. The van der Waals surface area contributed by atoms with E-state index in [0.29, 0.717) is 0 Å². The van der Waals surface area contributed by atoms with E-state index in [-0.39, 0.29) is 0 Å². The molecule has 0 aromatic heterocycles. The van der Waals surface area contributed by atoms with E-state index in [1.807, 2.05) is 0 Å². The predicted molar refractivity (Wildman–Crippen MR) is 34.1 cm³/mol. The van der Waals surface area contributed by atoms with Crippen molar-refractivity contribution in [3.05, 3.63) is 10.1 Å². The summed E-state index contributed by atoms with van der Waals surface area (Å²) in [5, 5.41) is 24.1. The van der Waals surface area contributed by atoms with Crippen LogP contribution in [0.25, 0.3) is 0 Å². The topological polar surface area (TPSA) is 159 Å². The van der Waals surface area contributed by atoms with Crippen LogP contribution in [0, 0.1) is 10.1 Å². The van der Waals surface area contributed by atoms with Crippen LogP contribution >= 0.6 is 11.8 Å². The van der Waals surface area contributed by atoms with Gasteiger partial charge in [0, 0.05) is 4.81 Å². The first-order valence-electron chi connectivity index (χ1n) is 2.50. The number of carbonyl (C=O) groups is 1. The van der Waals surface area contributed by atoms with E-state index in [1.165, 1.54) is 0 Å². The van der Waals surface area contributed by atoms with Gasteiger partial charge in [0.05, 0.1) is 11.8 Å². The summed E-state index contributed by atoms with van der Waals surface area (Å²) in [6.45, 7) is 0. The zero-order chi connectivity index (χ0) is 10.8. The van der Waals surface area contributed by atoms with Crippen molar-refractivity contribution >= 4 is 17.8 Å². The first-order chi connectivity index (χ1) is 5.71. The molecule has 6 N–H and O–H groups in total. The predicted octanol–water partition coefficient (Wildman–Crippen LogP) is -1.69. The second-order valence-corrected chi connectivity index (χ2v) is 2.11. The number of amides is 2.